The second-order valence-corrected chi connectivity index (χ2v) is 8.40. The van der Waals surface area contributed by atoms with E-state index >= 15 is 0 Å². The fourth-order valence-electron chi connectivity index (χ4n) is 3.14. The van der Waals surface area contributed by atoms with Crippen LogP contribution in [0.5, 0.6) is 0 Å². The molecule has 3 aromatic carbocycles. The maximum atomic E-state index is 13.2. The first-order valence-corrected chi connectivity index (χ1v) is 10.6. The lowest BCUT2D eigenvalue weighted by atomic mass is 10.2. The molecule has 150 valence electrons. The van der Waals surface area contributed by atoms with Crippen LogP contribution in [-0.2, 0) is 16.1 Å². The summed E-state index contributed by atoms with van der Waals surface area (Å²) >= 11 is 7.25. The topological polar surface area (TPSA) is 49.4 Å². The smallest absolute Gasteiger partial charge is 0.278 e. The molecule has 0 saturated heterocycles. The largest absolute Gasteiger partial charge is 0.350 e. The molecule has 6 heteroatoms. The molecular weight excluding hydrogens is 416 g/mol. The van der Waals surface area contributed by atoms with Gasteiger partial charge in [0, 0.05) is 15.6 Å². The summed E-state index contributed by atoms with van der Waals surface area (Å²) in [5, 5.41) is 3.82. The average molecular weight is 435 g/mol. The van der Waals surface area contributed by atoms with Crippen LogP contribution in [0.1, 0.15) is 11.1 Å². The first-order valence-electron chi connectivity index (χ1n) is 9.43. The number of nitrogens with one attached hydrogen (secondary N) is 1. The second-order valence-electron chi connectivity index (χ2n) is 6.88. The zero-order valence-electron chi connectivity index (χ0n) is 16.3. The fraction of sp³-hybridized carbons (Fsp3) is 0.0833. The van der Waals surface area contributed by atoms with Crippen molar-refractivity contribution in [1.29, 1.82) is 0 Å². The van der Waals surface area contributed by atoms with Crippen molar-refractivity contribution >= 4 is 40.9 Å². The van der Waals surface area contributed by atoms with E-state index in [0.29, 0.717) is 15.6 Å². The third-order valence-electron chi connectivity index (χ3n) is 4.75. The van der Waals surface area contributed by atoms with E-state index in [2.05, 4.69) is 5.32 Å². The van der Waals surface area contributed by atoms with Gasteiger partial charge < -0.3 is 5.32 Å². The van der Waals surface area contributed by atoms with E-state index in [9.17, 15) is 9.59 Å². The van der Waals surface area contributed by atoms with Crippen LogP contribution in [0, 0.1) is 6.92 Å². The van der Waals surface area contributed by atoms with E-state index in [1.807, 2.05) is 73.7 Å². The van der Waals surface area contributed by atoms with Crippen molar-refractivity contribution in [2.45, 2.75) is 18.4 Å². The number of anilines is 1. The molecule has 0 saturated carbocycles. The number of thioether (sulfide) groups is 1. The molecular formula is C24H19ClN2O2S. The number of para-hydroxylation sites is 1. The number of benzene rings is 3. The normalized spacial score (nSPS) is 13.9. The SMILES string of the molecule is Cc1ccccc1NC1=C(Sc2ccc(Cl)cc2)C(=O)N(Cc2ccccc2)C1=O. The minimum atomic E-state index is -0.330. The van der Waals surface area contributed by atoms with E-state index in [-0.39, 0.29) is 18.4 Å². The van der Waals surface area contributed by atoms with Crippen molar-refractivity contribution in [3.63, 3.8) is 0 Å². The van der Waals surface area contributed by atoms with Gasteiger partial charge in [0.15, 0.2) is 0 Å². The van der Waals surface area contributed by atoms with Gasteiger partial charge in [-0.15, -0.1) is 0 Å². The van der Waals surface area contributed by atoms with Crippen LogP contribution in [0.2, 0.25) is 5.02 Å². The van der Waals surface area contributed by atoms with Crippen molar-refractivity contribution in [1.82, 2.24) is 4.90 Å². The van der Waals surface area contributed by atoms with Crippen molar-refractivity contribution in [3.05, 3.63) is 106 Å². The Hall–Kier alpha value is -3.02. The van der Waals surface area contributed by atoms with Gasteiger partial charge in [-0.1, -0.05) is 71.9 Å². The number of rotatable bonds is 6. The molecule has 0 atom stereocenters. The Kier molecular flexibility index (Phi) is 5.93. The number of hydrogen-bond acceptors (Lipinski definition) is 4. The Balaban J connectivity index is 1.69. The van der Waals surface area contributed by atoms with E-state index in [1.165, 1.54) is 16.7 Å². The summed E-state index contributed by atoms with van der Waals surface area (Å²) in [6, 6.07) is 24.4. The zero-order valence-corrected chi connectivity index (χ0v) is 17.8. The quantitative estimate of drug-likeness (QED) is 0.510. The summed E-state index contributed by atoms with van der Waals surface area (Å²) in [5.41, 5.74) is 2.98. The molecule has 0 unspecified atom stereocenters. The third kappa shape index (κ3) is 4.27. The predicted molar refractivity (Wildman–Crippen MR) is 121 cm³/mol. The number of carbonyl (C=O) groups is 2. The molecule has 0 aliphatic carbocycles. The maximum absolute atomic E-state index is 13.2. The highest BCUT2D eigenvalue weighted by molar-refractivity contribution is 8.04. The first kappa shape index (κ1) is 20.3. The number of hydrogen-bond donors (Lipinski definition) is 1. The molecule has 4 nitrogen and oxygen atoms in total. The molecule has 1 aliphatic heterocycles. The molecule has 0 spiro atoms. The minimum Gasteiger partial charge on any atom is -0.350 e. The number of imide groups is 1. The lowest BCUT2D eigenvalue weighted by Crippen LogP contribution is -2.31. The van der Waals surface area contributed by atoms with E-state index in [1.54, 1.807) is 12.1 Å². The van der Waals surface area contributed by atoms with Gasteiger partial charge in [-0.3, -0.25) is 14.5 Å². The molecule has 3 aromatic rings. The average Bonchev–Trinajstić information content (AvgIpc) is 2.96. The highest BCUT2D eigenvalue weighted by atomic mass is 35.5. The van der Waals surface area contributed by atoms with Gasteiger partial charge >= 0.3 is 0 Å². The van der Waals surface area contributed by atoms with Gasteiger partial charge in [-0.05, 0) is 48.4 Å². The number of aryl methyl sites for hydroxylation is 1. The molecule has 30 heavy (non-hydrogen) atoms. The first-order chi connectivity index (χ1) is 14.5. The van der Waals surface area contributed by atoms with E-state index < -0.39 is 0 Å². The fourth-order valence-corrected chi connectivity index (χ4v) is 4.21. The molecule has 4 rings (SSSR count). The van der Waals surface area contributed by atoms with Crippen molar-refractivity contribution < 1.29 is 9.59 Å². The number of nitrogens with zero attached hydrogens (tertiary/aromatic N) is 1. The van der Waals surface area contributed by atoms with Crippen LogP contribution in [0.4, 0.5) is 5.69 Å². The van der Waals surface area contributed by atoms with Gasteiger partial charge in [0.05, 0.1) is 6.54 Å². The molecule has 0 bridgehead atoms. The zero-order chi connectivity index (χ0) is 21.1. The number of halogens is 1. The molecule has 1 N–H and O–H groups in total. The Bertz CT molecular complexity index is 1130. The van der Waals surface area contributed by atoms with Gasteiger partial charge in [-0.25, -0.2) is 0 Å². The molecule has 1 aliphatic rings. The lowest BCUT2D eigenvalue weighted by molar-refractivity contribution is -0.137. The number of carbonyl (C=O) groups excluding carboxylic acids is 2. The summed E-state index contributed by atoms with van der Waals surface area (Å²) in [6.07, 6.45) is 0. The predicted octanol–water partition coefficient (Wildman–Crippen LogP) is 5.63. The van der Waals surface area contributed by atoms with Crippen LogP contribution in [-0.4, -0.2) is 16.7 Å². The maximum Gasteiger partial charge on any atom is 0.278 e. The molecule has 0 aromatic heterocycles. The lowest BCUT2D eigenvalue weighted by Gasteiger charge is -2.15. The van der Waals surface area contributed by atoms with Gasteiger partial charge in [0.2, 0.25) is 0 Å². The van der Waals surface area contributed by atoms with Crippen LogP contribution in [0.15, 0.2) is 94.4 Å². The van der Waals surface area contributed by atoms with Gasteiger partial charge in [0.1, 0.15) is 10.6 Å². The third-order valence-corrected chi connectivity index (χ3v) is 6.09. The minimum absolute atomic E-state index is 0.224. The Labute approximate surface area is 184 Å². The summed E-state index contributed by atoms with van der Waals surface area (Å²) in [5.74, 6) is -0.636. The monoisotopic (exact) mass is 434 g/mol. The Morgan fingerprint density at radius 1 is 0.867 bits per heavy atom. The standard InChI is InChI=1S/C24H19ClN2O2S/c1-16-7-5-6-10-20(16)26-21-22(30-19-13-11-18(25)12-14-19)24(29)27(23(21)28)15-17-8-3-2-4-9-17/h2-14,26H,15H2,1H3. The number of amides is 2. The van der Waals surface area contributed by atoms with Gasteiger partial charge in [-0.2, -0.15) is 0 Å². The molecule has 1 heterocycles. The second kappa shape index (κ2) is 8.78. The van der Waals surface area contributed by atoms with Crippen LogP contribution >= 0.6 is 23.4 Å². The Morgan fingerprint density at radius 2 is 1.53 bits per heavy atom. The van der Waals surface area contributed by atoms with Crippen LogP contribution in [0.3, 0.4) is 0 Å². The molecule has 0 radical (unpaired) electrons. The van der Waals surface area contributed by atoms with E-state index in [0.717, 1.165) is 21.7 Å². The highest BCUT2D eigenvalue weighted by Gasteiger charge is 2.39. The molecule has 2 amide bonds. The van der Waals surface area contributed by atoms with Gasteiger partial charge in [0.25, 0.3) is 11.8 Å². The van der Waals surface area contributed by atoms with Crippen molar-refractivity contribution in [3.8, 4) is 0 Å². The summed E-state index contributed by atoms with van der Waals surface area (Å²) < 4.78 is 0. The highest BCUT2D eigenvalue weighted by Crippen LogP contribution is 2.37. The summed E-state index contributed by atoms with van der Waals surface area (Å²) in [7, 11) is 0. The van der Waals surface area contributed by atoms with E-state index in [4.69, 9.17) is 11.6 Å². The summed E-state index contributed by atoms with van der Waals surface area (Å²) in [6.45, 7) is 2.18. The Morgan fingerprint density at radius 3 is 2.23 bits per heavy atom. The van der Waals surface area contributed by atoms with Crippen molar-refractivity contribution in [2.75, 3.05) is 5.32 Å². The summed E-state index contributed by atoms with van der Waals surface area (Å²) in [4.78, 5) is 29.0. The molecule has 0 fully saturated rings. The van der Waals surface area contributed by atoms with Crippen LogP contribution in [0.25, 0.3) is 0 Å². The van der Waals surface area contributed by atoms with Crippen molar-refractivity contribution in [2.24, 2.45) is 0 Å². The van der Waals surface area contributed by atoms with Crippen LogP contribution < -0.4 is 5.32 Å².